The van der Waals surface area contributed by atoms with Gasteiger partial charge in [-0.1, -0.05) is 12.1 Å². The van der Waals surface area contributed by atoms with Crippen LogP contribution in [0.3, 0.4) is 0 Å². The molecule has 41 heavy (non-hydrogen) atoms. The van der Waals surface area contributed by atoms with E-state index in [-0.39, 0.29) is 18.1 Å². The van der Waals surface area contributed by atoms with Crippen molar-refractivity contribution in [1.29, 1.82) is 0 Å². The van der Waals surface area contributed by atoms with Crippen LogP contribution in [0.2, 0.25) is 0 Å². The molecule has 1 aliphatic heterocycles. The number of hydrogen-bond acceptors (Lipinski definition) is 6. The zero-order chi connectivity index (χ0) is 30.3. The quantitative estimate of drug-likeness (QED) is 0.107. The van der Waals surface area contributed by atoms with Gasteiger partial charge in [0.25, 0.3) is 5.91 Å². The number of alkyl halides is 3. The molecule has 14 heteroatoms. The number of carbonyl (C=O) groups excluding carboxylic acids is 2. The lowest BCUT2D eigenvalue weighted by atomic mass is 9.91. The Kier molecular flexibility index (Phi) is 7.72. The Hall–Kier alpha value is -4.59. The molecule has 10 nitrogen and oxygen atoms in total. The molecule has 0 radical (unpaired) electrons. The minimum atomic E-state index is -4.78. The van der Waals surface area contributed by atoms with Crippen LogP contribution in [0.25, 0.3) is 22.4 Å². The van der Waals surface area contributed by atoms with Crippen molar-refractivity contribution < 1.29 is 31.9 Å². The first-order valence-electron chi connectivity index (χ1n) is 12.4. The molecule has 0 saturated carbocycles. The van der Waals surface area contributed by atoms with Crippen LogP contribution in [0.1, 0.15) is 35.0 Å². The standard InChI is InChI=1S/C27H29F4N7O3/c1-26(25(33)40,13-27(29,30)31)35-24(39)20-12-18(14-4-6-16(28)7-5-14)22-17-11-19(23(32)36-37(2)34)21(41-3)10-15(17)8-9-38(20)22/h4-7,10-12H,8-9,13,34H2,1-3H3,(H2,32,36)(H2,33,40)(H,35,39). The summed E-state index contributed by atoms with van der Waals surface area (Å²) < 4.78 is 60.7. The summed E-state index contributed by atoms with van der Waals surface area (Å²) in [6.07, 6.45) is -6.01. The first kappa shape index (κ1) is 29.4. The highest BCUT2D eigenvalue weighted by atomic mass is 19.4. The average molecular weight is 576 g/mol. The van der Waals surface area contributed by atoms with E-state index in [1.165, 1.54) is 44.5 Å². The van der Waals surface area contributed by atoms with E-state index >= 15 is 0 Å². The number of aromatic nitrogens is 1. The van der Waals surface area contributed by atoms with Gasteiger partial charge < -0.3 is 26.1 Å². The maximum absolute atomic E-state index is 13.8. The fourth-order valence-electron chi connectivity index (χ4n) is 4.89. The maximum Gasteiger partial charge on any atom is 0.391 e. The van der Waals surface area contributed by atoms with Gasteiger partial charge in [0.1, 0.15) is 22.8 Å². The van der Waals surface area contributed by atoms with Crippen molar-refractivity contribution in [1.82, 2.24) is 15.0 Å². The van der Waals surface area contributed by atoms with E-state index in [1.54, 1.807) is 16.7 Å². The zero-order valence-electron chi connectivity index (χ0n) is 22.5. The minimum Gasteiger partial charge on any atom is -0.496 e. The van der Waals surface area contributed by atoms with E-state index in [0.29, 0.717) is 40.1 Å². The van der Waals surface area contributed by atoms with Crippen molar-refractivity contribution in [2.45, 2.75) is 38.0 Å². The van der Waals surface area contributed by atoms with Crippen LogP contribution in [0.4, 0.5) is 17.6 Å². The monoisotopic (exact) mass is 575 g/mol. The van der Waals surface area contributed by atoms with E-state index in [4.69, 9.17) is 22.0 Å². The second kappa shape index (κ2) is 10.8. The molecule has 2 amide bonds. The number of carbonyl (C=O) groups is 2. The summed E-state index contributed by atoms with van der Waals surface area (Å²) >= 11 is 0. The van der Waals surface area contributed by atoms with Gasteiger partial charge in [-0.3, -0.25) is 9.59 Å². The third kappa shape index (κ3) is 5.96. The highest BCUT2D eigenvalue weighted by Crippen LogP contribution is 2.42. The Balaban J connectivity index is 1.93. The number of benzene rings is 2. The fraction of sp³-hybridized carbons (Fsp3) is 0.296. The number of nitrogens with one attached hydrogen (secondary N) is 1. The molecule has 2 heterocycles. The Labute approximate surface area is 232 Å². The van der Waals surface area contributed by atoms with Gasteiger partial charge in [-0.05, 0) is 54.8 Å². The number of halogens is 4. The largest absolute Gasteiger partial charge is 0.496 e. The molecular weight excluding hydrogens is 546 g/mol. The molecule has 3 aromatic rings. The summed E-state index contributed by atoms with van der Waals surface area (Å²) in [5.74, 6) is 3.36. The van der Waals surface area contributed by atoms with Crippen LogP contribution in [-0.4, -0.2) is 53.2 Å². The number of hydrogen-bond donors (Lipinski definition) is 4. The Morgan fingerprint density at radius 2 is 1.78 bits per heavy atom. The van der Waals surface area contributed by atoms with Gasteiger partial charge in [-0.2, -0.15) is 13.2 Å². The second-order valence-electron chi connectivity index (χ2n) is 9.91. The molecular formula is C27H29F4N7O3. The number of rotatable bonds is 8. The number of aryl methyl sites for hydroxylation is 1. The molecule has 4 rings (SSSR count). The average Bonchev–Trinajstić information content (AvgIpc) is 3.27. The smallest absolute Gasteiger partial charge is 0.391 e. The molecule has 7 N–H and O–H groups in total. The first-order valence-corrected chi connectivity index (χ1v) is 12.4. The minimum absolute atomic E-state index is 0.0136. The predicted molar refractivity (Wildman–Crippen MR) is 144 cm³/mol. The number of amidine groups is 1. The number of hydrazine groups is 1. The summed E-state index contributed by atoms with van der Waals surface area (Å²) in [5.41, 5.74) is 12.5. The summed E-state index contributed by atoms with van der Waals surface area (Å²) in [7, 11) is 2.96. The van der Waals surface area contributed by atoms with Crippen LogP contribution in [-0.2, 0) is 17.8 Å². The summed E-state index contributed by atoms with van der Waals surface area (Å²) in [5, 5.41) is 7.27. The molecule has 2 aromatic carbocycles. The van der Waals surface area contributed by atoms with Crippen molar-refractivity contribution in [3.05, 3.63) is 65.1 Å². The first-order chi connectivity index (χ1) is 19.1. The lowest BCUT2D eigenvalue weighted by Gasteiger charge is -2.29. The molecule has 0 spiro atoms. The van der Waals surface area contributed by atoms with Crippen LogP contribution < -0.4 is 27.4 Å². The number of ether oxygens (including phenoxy) is 1. The highest BCUT2D eigenvalue weighted by molar-refractivity contribution is 6.04. The summed E-state index contributed by atoms with van der Waals surface area (Å²) in [4.78, 5) is 25.5. The number of fused-ring (bicyclic) bond motifs is 3. The van der Waals surface area contributed by atoms with E-state index < -0.39 is 35.8 Å². The number of nitrogens with zero attached hydrogens (tertiary/aromatic N) is 3. The molecule has 1 atom stereocenters. The molecule has 0 fully saturated rings. The van der Waals surface area contributed by atoms with E-state index in [0.717, 1.165) is 17.6 Å². The van der Waals surface area contributed by atoms with Crippen LogP contribution in [0.5, 0.6) is 5.75 Å². The van der Waals surface area contributed by atoms with Crippen molar-refractivity contribution >= 4 is 17.6 Å². The third-order valence-corrected chi connectivity index (χ3v) is 6.80. The molecule has 1 unspecified atom stereocenters. The maximum atomic E-state index is 13.8. The van der Waals surface area contributed by atoms with E-state index in [9.17, 15) is 27.2 Å². The molecule has 0 saturated heterocycles. The number of methoxy groups -OCH3 is 1. The van der Waals surface area contributed by atoms with Gasteiger partial charge in [0.05, 0.1) is 24.8 Å². The Bertz CT molecular complexity index is 1530. The lowest BCUT2D eigenvalue weighted by Crippen LogP contribution is -2.57. The molecule has 218 valence electrons. The fourth-order valence-corrected chi connectivity index (χ4v) is 4.89. The molecule has 0 aliphatic carbocycles. The highest BCUT2D eigenvalue weighted by Gasteiger charge is 2.45. The van der Waals surface area contributed by atoms with Crippen LogP contribution >= 0.6 is 0 Å². The van der Waals surface area contributed by atoms with Gasteiger partial charge in [-0.25, -0.2) is 15.4 Å². The number of nitrogens with two attached hydrogens (primary N) is 3. The second-order valence-corrected chi connectivity index (χ2v) is 9.91. The van der Waals surface area contributed by atoms with Gasteiger partial charge in [0.15, 0.2) is 5.84 Å². The zero-order valence-corrected chi connectivity index (χ0v) is 22.5. The number of amides is 2. The summed E-state index contributed by atoms with van der Waals surface area (Å²) in [6.45, 7) is 1.18. The predicted octanol–water partition coefficient (Wildman–Crippen LogP) is 2.88. The van der Waals surface area contributed by atoms with Crippen molar-refractivity contribution in [3.63, 3.8) is 0 Å². The summed E-state index contributed by atoms with van der Waals surface area (Å²) in [6, 6.07) is 10.5. The third-order valence-electron chi connectivity index (χ3n) is 6.80. The van der Waals surface area contributed by atoms with Crippen molar-refractivity contribution in [3.8, 4) is 28.1 Å². The van der Waals surface area contributed by atoms with Gasteiger partial charge in [0.2, 0.25) is 5.91 Å². The van der Waals surface area contributed by atoms with E-state index in [1.807, 2.05) is 0 Å². The Morgan fingerprint density at radius 1 is 1.12 bits per heavy atom. The van der Waals surface area contributed by atoms with E-state index in [2.05, 4.69) is 10.4 Å². The van der Waals surface area contributed by atoms with Crippen molar-refractivity contribution in [2.24, 2.45) is 22.4 Å². The lowest BCUT2D eigenvalue weighted by molar-refractivity contribution is -0.156. The number of hydrazone groups is 1. The van der Waals surface area contributed by atoms with Crippen LogP contribution in [0.15, 0.2) is 47.6 Å². The topological polar surface area (TPSA) is 154 Å². The number of primary amides is 1. The normalized spacial score (nSPS) is 14.5. The molecule has 1 aliphatic rings. The van der Waals surface area contributed by atoms with Crippen molar-refractivity contribution in [2.75, 3.05) is 14.2 Å². The SMILES string of the molecule is COc1cc2c(cc1/C(N)=N/N(C)N)-c1c(-c3ccc(F)cc3)cc(C(=O)NC(C)(CC(F)(F)F)C(N)=O)n1CC2. The van der Waals surface area contributed by atoms with Gasteiger partial charge in [0, 0.05) is 24.7 Å². The van der Waals surface area contributed by atoms with Gasteiger partial charge >= 0.3 is 6.18 Å². The van der Waals surface area contributed by atoms with Crippen LogP contribution in [0, 0.1) is 5.82 Å². The Morgan fingerprint density at radius 3 is 2.34 bits per heavy atom. The molecule has 1 aromatic heterocycles. The van der Waals surface area contributed by atoms with Gasteiger partial charge in [-0.15, -0.1) is 5.10 Å². The molecule has 0 bridgehead atoms.